The minimum atomic E-state index is -0.152. The van der Waals surface area contributed by atoms with Crippen molar-refractivity contribution >= 4 is 17.7 Å². The molecule has 0 aliphatic heterocycles. The minimum Gasteiger partial charge on any atom is -0.352 e. The molecule has 0 radical (unpaired) electrons. The number of carbonyl (C=O) groups is 1. The molecule has 90 valence electrons. The molecule has 4 heteroatoms. The van der Waals surface area contributed by atoms with E-state index in [0.29, 0.717) is 23.7 Å². The third-order valence-corrected chi connectivity index (χ3v) is 2.31. The number of hydrogen-bond donors (Lipinski definition) is 1. The Morgan fingerprint density at radius 3 is 2.76 bits per heavy atom. The zero-order valence-corrected chi connectivity index (χ0v) is 10.3. The maximum atomic E-state index is 11.8. The molecule has 17 heavy (non-hydrogen) atoms. The quantitative estimate of drug-likeness (QED) is 0.640. The summed E-state index contributed by atoms with van der Waals surface area (Å²) in [4.78, 5) is 25.6. The number of benzene rings is 1. The largest absolute Gasteiger partial charge is 0.352 e. The smallest absolute Gasteiger partial charge is 0.251 e. The molecule has 1 aromatic carbocycles. The van der Waals surface area contributed by atoms with Crippen molar-refractivity contribution in [1.82, 2.24) is 5.32 Å². The van der Waals surface area contributed by atoms with E-state index in [4.69, 9.17) is 0 Å². The predicted octanol–water partition coefficient (Wildman–Crippen LogP) is 2.35. The van der Waals surface area contributed by atoms with Crippen LogP contribution in [0.5, 0.6) is 0 Å². The predicted molar refractivity (Wildman–Crippen MR) is 66.1 cm³/mol. The van der Waals surface area contributed by atoms with E-state index < -0.39 is 0 Å². The number of rotatable bonds is 4. The average Bonchev–Trinajstić information content (AvgIpc) is 2.29. The lowest BCUT2D eigenvalue weighted by molar-refractivity contribution is 0.0949. The van der Waals surface area contributed by atoms with Gasteiger partial charge in [-0.15, -0.1) is 0 Å². The standard InChI is InChI=1S/C13H16N2O2/c1-9(2)7-14-13(17)11-5-4-10(3)12(6-11)15-8-16/h4-6,9H,7H2,1-3H3,(H,14,17). The topological polar surface area (TPSA) is 58.5 Å². The Morgan fingerprint density at radius 1 is 1.47 bits per heavy atom. The Hall–Kier alpha value is -1.93. The maximum Gasteiger partial charge on any atom is 0.251 e. The summed E-state index contributed by atoms with van der Waals surface area (Å²) in [5, 5.41) is 2.81. The molecular formula is C13H16N2O2. The highest BCUT2D eigenvalue weighted by molar-refractivity contribution is 5.95. The Kier molecular flexibility index (Phi) is 4.61. The van der Waals surface area contributed by atoms with Crippen LogP contribution in [-0.4, -0.2) is 18.5 Å². The van der Waals surface area contributed by atoms with Crippen molar-refractivity contribution in [3.8, 4) is 0 Å². The van der Waals surface area contributed by atoms with Crippen molar-refractivity contribution < 1.29 is 9.59 Å². The molecule has 0 heterocycles. The van der Waals surface area contributed by atoms with Gasteiger partial charge in [0.15, 0.2) is 0 Å². The summed E-state index contributed by atoms with van der Waals surface area (Å²) in [6.07, 6.45) is 1.48. The van der Waals surface area contributed by atoms with Gasteiger partial charge in [-0.1, -0.05) is 19.9 Å². The van der Waals surface area contributed by atoms with E-state index in [1.54, 1.807) is 18.2 Å². The molecule has 1 amide bonds. The molecule has 4 nitrogen and oxygen atoms in total. The lowest BCUT2D eigenvalue weighted by atomic mass is 10.1. The van der Waals surface area contributed by atoms with Crippen LogP contribution in [0.2, 0.25) is 0 Å². The van der Waals surface area contributed by atoms with Crippen molar-refractivity contribution in [2.24, 2.45) is 10.9 Å². The van der Waals surface area contributed by atoms with Gasteiger partial charge in [-0.2, -0.15) is 4.99 Å². The number of amides is 1. The summed E-state index contributed by atoms with van der Waals surface area (Å²) in [6.45, 7) is 6.50. The molecule has 0 atom stereocenters. The first-order chi connectivity index (χ1) is 8.04. The van der Waals surface area contributed by atoms with Crippen molar-refractivity contribution in [3.63, 3.8) is 0 Å². The van der Waals surface area contributed by atoms with E-state index in [0.717, 1.165) is 5.56 Å². The number of nitrogens with one attached hydrogen (secondary N) is 1. The number of aliphatic imine (C=N–C) groups is 1. The Bertz CT molecular complexity index is 460. The van der Waals surface area contributed by atoms with Crippen molar-refractivity contribution in [2.45, 2.75) is 20.8 Å². The van der Waals surface area contributed by atoms with Crippen molar-refractivity contribution in [2.75, 3.05) is 6.54 Å². The molecule has 1 N–H and O–H groups in total. The zero-order valence-electron chi connectivity index (χ0n) is 10.3. The molecule has 0 saturated carbocycles. The molecule has 0 aliphatic rings. The molecule has 1 aromatic rings. The van der Waals surface area contributed by atoms with E-state index >= 15 is 0 Å². The Morgan fingerprint density at radius 2 is 2.18 bits per heavy atom. The normalized spacial score (nSPS) is 9.88. The fourth-order valence-corrected chi connectivity index (χ4v) is 1.32. The number of carbonyl (C=O) groups excluding carboxylic acids is 2. The van der Waals surface area contributed by atoms with Crippen LogP contribution in [0.15, 0.2) is 23.2 Å². The van der Waals surface area contributed by atoms with Crippen molar-refractivity contribution in [3.05, 3.63) is 29.3 Å². The van der Waals surface area contributed by atoms with Crippen LogP contribution in [0.25, 0.3) is 0 Å². The summed E-state index contributed by atoms with van der Waals surface area (Å²) < 4.78 is 0. The highest BCUT2D eigenvalue weighted by atomic mass is 16.1. The van der Waals surface area contributed by atoms with E-state index in [-0.39, 0.29) is 5.91 Å². The summed E-state index contributed by atoms with van der Waals surface area (Å²) in [6, 6.07) is 5.07. The third-order valence-electron chi connectivity index (χ3n) is 2.31. The Balaban J connectivity index is 2.88. The van der Waals surface area contributed by atoms with E-state index in [1.165, 1.54) is 6.08 Å². The van der Waals surface area contributed by atoms with Gasteiger partial charge in [0.05, 0.1) is 5.69 Å². The number of nitrogens with zero attached hydrogens (tertiary/aromatic N) is 1. The van der Waals surface area contributed by atoms with Gasteiger partial charge < -0.3 is 5.32 Å². The van der Waals surface area contributed by atoms with Crippen LogP contribution in [0.4, 0.5) is 5.69 Å². The molecule has 0 spiro atoms. The summed E-state index contributed by atoms with van der Waals surface area (Å²) in [5.41, 5.74) is 1.83. The van der Waals surface area contributed by atoms with Gasteiger partial charge in [0.25, 0.3) is 5.91 Å². The molecular weight excluding hydrogens is 216 g/mol. The fraction of sp³-hybridized carbons (Fsp3) is 0.385. The van der Waals surface area contributed by atoms with Gasteiger partial charge in [0, 0.05) is 12.1 Å². The van der Waals surface area contributed by atoms with Crippen LogP contribution in [-0.2, 0) is 4.79 Å². The molecule has 0 bridgehead atoms. The summed E-state index contributed by atoms with van der Waals surface area (Å²) >= 11 is 0. The molecule has 0 fully saturated rings. The van der Waals surface area contributed by atoms with Crippen LogP contribution >= 0.6 is 0 Å². The van der Waals surface area contributed by atoms with Gasteiger partial charge in [-0.25, -0.2) is 4.79 Å². The number of isocyanates is 1. The first kappa shape index (κ1) is 13.1. The first-order valence-electron chi connectivity index (χ1n) is 5.51. The third kappa shape index (κ3) is 3.85. The number of hydrogen-bond acceptors (Lipinski definition) is 3. The first-order valence-corrected chi connectivity index (χ1v) is 5.51. The second-order valence-electron chi connectivity index (χ2n) is 4.31. The molecule has 0 saturated heterocycles. The van der Waals surface area contributed by atoms with E-state index in [9.17, 15) is 9.59 Å². The second kappa shape index (κ2) is 5.97. The average molecular weight is 232 g/mol. The Labute approximate surface area is 101 Å². The van der Waals surface area contributed by atoms with Crippen LogP contribution in [0.1, 0.15) is 29.8 Å². The highest BCUT2D eigenvalue weighted by Crippen LogP contribution is 2.19. The molecule has 1 rings (SSSR count). The minimum absolute atomic E-state index is 0.152. The lowest BCUT2D eigenvalue weighted by Crippen LogP contribution is -2.27. The molecule has 0 unspecified atom stereocenters. The second-order valence-corrected chi connectivity index (χ2v) is 4.31. The fourth-order valence-electron chi connectivity index (χ4n) is 1.32. The molecule has 0 aromatic heterocycles. The van der Waals surface area contributed by atoms with Gasteiger partial charge in [0.2, 0.25) is 6.08 Å². The van der Waals surface area contributed by atoms with Gasteiger partial charge in [0.1, 0.15) is 0 Å². The van der Waals surface area contributed by atoms with Crippen molar-refractivity contribution in [1.29, 1.82) is 0 Å². The number of aryl methyl sites for hydroxylation is 1. The highest BCUT2D eigenvalue weighted by Gasteiger charge is 2.08. The zero-order chi connectivity index (χ0) is 12.8. The van der Waals surface area contributed by atoms with E-state index in [2.05, 4.69) is 10.3 Å². The van der Waals surface area contributed by atoms with Crippen LogP contribution in [0.3, 0.4) is 0 Å². The lowest BCUT2D eigenvalue weighted by Gasteiger charge is -2.08. The maximum absolute atomic E-state index is 11.8. The van der Waals surface area contributed by atoms with Gasteiger partial charge in [-0.3, -0.25) is 4.79 Å². The summed E-state index contributed by atoms with van der Waals surface area (Å²) in [5.74, 6) is 0.248. The SMILES string of the molecule is Cc1ccc(C(=O)NCC(C)C)cc1N=C=O. The monoisotopic (exact) mass is 232 g/mol. The van der Waals surface area contributed by atoms with Crippen LogP contribution < -0.4 is 5.32 Å². The molecule has 0 aliphatic carbocycles. The van der Waals surface area contributed by atoms with Gasteiger partial charge in [-0.05, 0) is 30.5 Å². The van der Waals surface area contributed by atoms with E-state index in [1.807, 2.05) is 20.8 Å². The van der Waals surface area contributed by atoms with Crippen LogP contribution in [0, 0.1) is 12.8 Å². The van der Waals surface area contributed by atoms with Gasteiger partial charge >= 0.3 is 0 Å². The summed E-state index contributed by atoms with van der Waals surface area (Å²) in [7, 11) is 0.